The van der Waals surface area contributed by atoms with Gasteiger partial charge in [0.1, 0.15) is 0 Å². The number of hydrogen-bond donors (Lipinski definition) is 0. The van der Waals surface area contributed by atoms with Gasteiger partial charge in [0.25, 0.3) is 0 Å². The maximum Gasteiger partial charge on any atom is 0.490 e. The highest BCUT2D eigenvalue weighted by Crippen LogP contribution is 2.40. The number of hydrogen-bond acceptors (Lipinski definition) is 3. The van der Waals surface area contributed by atoms with Crippen molar-refractivity contribution in [1.82, 2.24) is 0 Å². The molecule has 0 amide bonds. The van der Waals surface area contributed by atoms with Crippen molar-refractivity contribution in [3.05, 3.63) is 53.0 Å². The molecule has 0 N–H and O–H groups in total. The van der Waals surface area contributed by atoms with Gasteiger partial charge in [0.15, 0.2) is 8.32 Å². The first-order chi connectivity index (χ1) is 13.2. The maximum absolute atomic E-state index is 6.55. The van der Waals surface area contributed by atoms with E-state index < -0.39 is 8.32 Å². The fourth-order valence-corrected chi connectivity index (χ4v) is 3.65. The Morgan fingerprint density at radius 1 is 1.03 bits per heavy atom. The molecule has 0 radical (unpaired) electrons. The Labute approximate surface area is 179 Å². The van der Waals surface area contributed by atoms with Crippen molar-refractivity contribution >= 4 is 21.5 Å². The third-order valence-corrected chi connectivity index (χ3v) is 11.3. The zero-order chi connectivity index (χ0) is 22.1. The Balaban J connectivity index is 2.33. The fourth-order valence-electron chi connectivity index (χ4n) is 2.70. The van der Waals surface area contributed by atoms with E-state index in [1.165, 1.54) is 5.56 Å². The molecule has 5 heteroatoms. The highest BCUT2D eigenvalue weighted by atomic mass is 28.4. The molecular formula is C24H39BO3Si. The van der Waals surface area contributed by atoms with Gasteiger partial charge in [0, 0.05) is 0 Å². The standard InChI is InChI=1S/C24H39BO3Si/c1-19(25-27-23(5,6)24(7,8)28-25)21(17-16-20-14-12-11-13-15-20)18-26-29(9,10)22(2,3)4/h11-17H,18H2,1-10H3/b17-16+,21-19+. The van der Waals surface area contributed by atoms with Crippen molar-refractivity contribution in [2.24, 2.45) is 0 Å². The predicted molar refractivity (Wildman–Crippen MR) is 127 cm³/mol. The van der Waals surface area contributed by atoms with Gasteiger partial charge in [0.05, 0.1) is 17.8 Å². The summed E-state index contributed by atoms with van der Waals surface area (Å²) in [6.07, 6.45) is 4.29. The first kappa shape index (κ1) is 24.1. The van der Waals surface area contributed by atoms with E-state index in [0.29, 0.717) is 6.61 Å². The van der Waals surface area contributed by atoms with Crippen molar-refractivity contribution < 1.29 is 13.7 Å². The van der Waals surface area contributed by atoms with Gasteiger partial charge in [-0.05, 0) is 69.4 Å². The third kappa shape index (κ3) is 5.72. The second-order valence-electron chi connectivity index (χ2n) is 10.6. The van der Waals surface area contributed by atoms with Crippen molar-refractivity contribution in [3.63, 3.8) is 0 Å². The van der Waals surface area contributed by atoms with Crippen molar-refractivity contribution in [1.29, 1.82) is 0 Å². The van der Waals surface area contributed by atoms with Crippen LogP contribution in [0.2, 0.25) is 18.1 Å². The zero-order valence-corrected chi connectivity index (χ0v) is 21.1. The number of allylic oxidation sites excluding steroid dienone is 1. The normalized spacial score (nSPS) is 20.3. The highest BCUT2D eigenvalue weighted by molar-refractivity contribution is 6.74. The summed E-state index contributed by atoms with van der Waals surface area (Å²) >= 11 is 0. The van der Waals surface area contributed by atoms with Gasteiger partial charge in [0.2, 0.25) is 0 Å². The summed E-state index contributed by atoms with van der Waals surface area (Å²) < 4.78 is 19.1. The second-order valence-corrected chi connectivity index (χ2v) is 15.4. The summed E-state index contributed by atoms with van der Waals surface area (Å²) in [6, 6.07) is 10.3. The molecule has 0 aliphatic carbocycles. The van der Waals surface area contributed by atoms with Gasteiger partial charge in [-0.1, -0.05) is 63.3 Å². The molecule has 1 aliphatic heterocycles. The molecule has 0 spiro atoms. The minimum atomic E-state index is -1.87. The Hall–Kier alpha value is -1.14. The molecule has 0 atom stereocenters. The Morgan fingerprint density at radius 2 is 1.55 bits per heavy atom. The van der Waals surface area contributed by atoms with Crippen LogP contribution in [0.15, 0.2) is 47.5 Å². The molecular weight excluding hydrogens is 375 g/mol. The first-order valence-electron chi connectivity index (χ1n) is 10.6. The van der Waals surface area contributed by atoms with Crippen LogP contribution in [0.3, 0.4) is 0 Å². The van der Waals surface area contributed by atoms with Crippen molar-refractivity contribution in [2.45, 2.75) is 84.7 Å². The second kappa shape index (κ2) is 8.54. The minimum Gasteiger partial charge on any atom is -0.413 e. The molecule has 1 fully saturated rings. The predicted octanol–water partition coefficient (Wildman–Crippen LogP) is 6.67. The molecule has 160 valence electrons. The Bertz CT molecular complexity index is 742. The van der Waals surface area contributed by atoms with Gasteiger partial charge in [-0.2, -0.15) is 0 Å². The van der Waals surface area contributed by atoms with Gasteiger partial charge in [-0.3, -0.25) is 0 Å². The maximum atomic E-state index is 6.55. The van der Waals surface area contributed by atoms with E-state index in [-0.39, 0.29) is 23.4 Å². The molecule has 0 aromatic heterocycles. The fraction of sp³-hybridized carbons (Fsp3) is 0.583. The number of rotatable bonds is 6. The van der Waals surface area contributed by atoms with E-state index >= 15 is 0 Å². The molecule has 1 aliphatic rings. The summed E-state index contributed by atoms with van der Waals surface area (Å²) in [5.74, 6) is 0. The van der Waals surface area contributed by atoms with Crippen LogP contribution in [0, 0.1) is 0 Å². The lowest BCUT2D eigenvalue weighted by atomic mass is 9.76. The third-order valence-electron chi connectivity index (χ3n) is 6.78. The van der Waals surface area contributed by atoms with Crippen LogP contribution in [0.4, 0.5) is 0 Å². The summed E-state index contributed by atoms with van der Waals surface area (Å²) in [7, 11) is -2.23. The van der Waals surface area contributed by atoms with E-state index in [9.17, 15) is 0 Å². The quantitative estimate of drug-likeness (QED) is 0.384. The van der Waals surface area contributed by atoms with E-state index in [0.717, 1.165) is 11.0 Å². The summed E-state index contributed by atoms with van der Waals surface area (Å²) in [5.41, 5.74) is 2.66. The minimum absolute atomic E-state index is 0.166. The average molecular weight is 414 g/mol. The molecule has 1 heterocycles. The van der Waals surface area contributed by atoms with Crippen LogP contribution in [0.5, 0.6) is 0 Å². The molecule has 1 aromatic carbocycles. The van der Waals surface area contributed by atoms with Gasteiger partial charge in [-0.15, -0.1) is 0 Å². The van der Waals surface area contributed by atoms with E-state index in [2.05, 4.69) is 105 Å². The van der Waals surface area contributed by atoms with Crippen molar-refractivity contribution in [2.75, 3.05) is 6.61 Å². The monoisotopic (exact) mass is 414 g/mol. The van der Waals surface area contributed by atoms with Gasteiger partial charge in [-0.25, -0.2) is 0 Å². The largest absolute Gasteiger partial charge is 0.490 e. The lowest BCUT2D eigenvalue weighted by Gasteiger charge is -2.36. The summed E-state index contributed by atoms with van der Waals surface area (Å²) in [6.45, 7) is 22.4. The molecule has 29 heavy (non-hydrogen) atoms. The topological polar surface area (TPSA) is 27.7 Å². The molecule has 0 bridgehead atoms. The van der Waals surface area contributed by atoms with Crippen LogP contribution in [-0.4, -0.2) is 33.2 Å². The first-order valence-corrected chi connectivity index (χ1v) is 13.5. The smallest absolute Gasteiger partial charge is 0.413 e. The van der Waals surface area contributed by atoms with Gasteiger partial charge < -0.3 is 13.7 Å². The Morgan fingerprint density at radius 3 is 2.03 bits per heavy atom. The SMILES string of the molecule is C/C(B1OC(C)(C)C(C)(C)O1)=C(/C=C/c1ccccc1)CO[Si](C)(C)C(C)(C)C. The van der Waals surface area contributed by atoms with Crippen molar-refractivity contribution in [3.8, 4) is 0 Å². The molecule has 1 saturated heterocycles. The number of benzene rings is 1. The highest BCUT2D eigenvalue weighted by Gasteiger charge is 2.52. The lowest BCUT2D eigenvalue weighted by molar-refractivity contribution is 0.00578. The van der Waals surface area contributed by atoms with Crippen LogP contribution < -0.4 is 0 Å². The average Bonchev–Trinajstić information content (AvgIpc) is 2.82. The molecule has 3 nitrogen and oxygen atoms in total. The lowest BCUT2D eigenvalue weighted by Crippen LogP contribution is -2.41. The van der Waals surface area contributed by atoms with Crippen LogP contribution in [0.25, 0.3) is 6.08 Å². The van der Waals surface area contributed by atoms with Crippen LogP contribution in [0.1, 0.15) is 61.0 Å². The Kier molecular flexibility index (Phi) is 7.11. The molecule has 1 aromatic rings. The van der Waals surface area contributed by atoms with Crippen LogP contribution >= 0.6 is 0 Å². The summed E-state index contributed by atoms with van der Waals surface area (Å²) in [5, 5.41) is 0.166. The van der Waals surface area contributed by atoms with Gasteiger partial charge >= 0.3 is 7.12 Å². The zero-order valence-electron chi connectivity index (χ0n) is 20.1. The molecule has 0 saturated carbocycles. The van der Waals surface area contributed by atoms with Crippen LogP contribution in [-0.2, 0) is 13.7 Å². The van der Waals surface area contributed by atoms with E-state index in [4.69, 9.17) is 13.7 Å². The molecule has 0 unspecified atom stereocenters. The van der Waals surface area contributed by atoms with E-state index in [1.807, 2.05) is 6.07 Å². The molecule has 2 rings (SSSR count). The van der Waals surface area contributed by atoms with E-state index in [1.54, 1.807) is 0 Å². The summed E-state index contributed by atoms with van der Waals surface area (Å²) in [4.78, 5) is 0.